The largest absolute Gasteiger partial charge is 0.480 e. The number of aliphatic carboxylic acids is 1. The number of amides is 2. The lowest BCUT2D eigenvalue weighted by molar-refractivity contribution is -0.159. The number of nitrogens with zero attached hydrogens (tertiary/aromatic N) is 2. The van der Waals surface area contributed by atoms with Crippen LogP contribution in [0.25, 0.3) is 0 Å². The van der Waals surface area contributed by atoms with Crippen LogP contribution in [0.15, 0.2) is 0 Å². The van der Waals surface area contributed by atoms with Crippen molar-refractivity contribution in [1.82, 2.24) is 9.80 Å². The van der Waals surface area contributed by atoms with Gasteiger partial charge in [0.15, 0.2) is 0 Å². The second-order valence-corrected chi connectivity index (χ2v) is 4.66. The SMILES string of the molecule is CCN(CC)C(=O)CN(C)C(=O)C(C)(C)C(=O)O. The number of carbonyl (C=O) groups excluding carboxylic acids is 2. The van der Waals surface area contributed by atoms with E-state index in [1.54, 1.807) is 4.90 Å². The van der Waals surface area contributed by atoms with Crippen molar-refractivity contribution in [3.8, 4) is 0 Å². The summed E-state index contributed by atoms with van der Waals surface area (Å²) >= 11 is 0. The third-order valence-electron chi connectivity index (χ3n) is 2.90. The number of hydrogen-bond acceptors (Lipinski definition) is 3. The second-order valence-electron chi connectivity index (χ2n) is 4.66. The van der Waals surface area contributed by atoms with E-state index in [4.69, 9.17) is 5.11 Å². The Hall–Kier alpha value is -1.59. The minimum absolute atomic E-state index is 0.1000. The fourth-order valence-corrected chi connectivity index (χ4v) is 1.52. The molecule has 0 radical (unpaired) electrons. The van der Waals surface area contributed by atoms with Crippen molar-refractivity contribution >= 4 is 17.8 Å². The van der Waals surface area contributed by atoms with E-state index in [0.717, 1.165) is 4.90 Å². The predicted octanol–water partition coefficient (Wildman–Crippen LogP) is 0.424. The van der Waals surface area contributed by atoms with Crippen LogP contribution in [0, 0.1) is 5.41 Å². The second kappa shape index (κ2) is 6.37. The highest BCUT2D eigenvalue weighted by Gasteiger charge is 2.38. The van der Waals surface area contributed by atoms with Gasteiger partial charge in [0.2, 0.25) is 11.8 Å². The van der Waals surface area contributed by atoms with Crippen LogP contribution >= 0.6 is 0 Å². The number of carboxylic acid groups (broad SMARTS) is 1. The molecular weight excluding hydrogens is 236 g/mol. The minimum Gasteiger partial charge on any atom is -0.480 e. The molecule has 6 nitrogen and oxygen atoms in total. The van der Waals surface area contributed by atoms with Crippen molar-refractivity contribution in [2.24, 2.45) is 5.41 Å². The highest BCUT2D eigenvalue weighted by molar-refractivity contribution is 6.01. The van der Waals surface area contributed by atoms with Gasteiger partial charge in [0.1, 0.15) is 5.41 Å². The van der Waals surface area contributed by atoms with Gasteiger partial charge in [-0.1, -0.05) is 0 Å². The first kappa shape index (κ1) is 16.4. The molecule has 0 atom stereocenters. The molecule has 0 rings (SSSR count). The Balaban J connectivity index is 4.69. The van der Waals surface area contributed by atoms with Crippen molar-refractivity contribution in [3.05, 3.63) is 0 Å². The monoisotopic (exact) mass is 258 g/mol. The summed E-state index contributed by atoms with van der Waals surface area (Å²) in [6.45, 7) is 7.40. The average Bonchev–Trinajstić information content (AvgIpc) is 2.29. The van der Waals surface area contributed by atoms with E-state index < -0.39 is 17.3 Å². The molecule has 2 amide bonds. The molecule has 0 fully saturated rings. The van der Waals surface area contributed by atoms with E-state index in [0.29, 0.717) is 13.1 Å². The zero-order valence-electron chi connectivity index (χ0n) is 11.7. The Morgan fingerprint density at radius 1 is 1.11 bits per heavy atom. The van der Waals surface area contributed by atoms with Gasteiger partial charge in [-0.15, -0.1) is 0 Å². The number of carboxylic acids is 1. The van der Waals surface area contributed by atoms with Crippen LogP contribution < -0.4 is 0 Å². The van der Waals surface area contributed by atoms with Crippen LogP contribution in [-0.2, 0) is 14.4 Å². The standard InChI is InChI=1S/C12H22N2O4/c1-6-14(7-2)9(15)8-13(5)10(16)12(3,4)11(17)18/h6-8H2,1-5H3,(H,17,18). The van der Waals surface area contributed by atoms with Gasteiger partial charge in [-0.05, 0) is 27.7 Å². The molecule has 0 bridgehead atoms. The molecule has 0 heterocycles. The molecule has 18 heavy (non-hydrogen) atoms. The molecule has 0 saturated heterocycles. The van der Waals surface area contributed by atoms with Crippen molar-refractivity contribution < 1.29 is 19.5 Å². The highest BCUT2D eigenvalue weighted by Crippen LogP contribution is 2.18. The van der Waals surface area contributed by atoms with E-state index in [2.05, 4.69) is 0 Å². The molecule has 0 saturated carbocycles. The Bertz CT molecular complexity index is 335. The van der Waals surface area contributed by atoms with Crippen molar-refractivity contribution in [3.63, 3.8) is 0 Å². The molecule has 0 aromatic heterocycles. The molecule has 0 aromatic carbocycles. The Morgan fingerprint density at radius 3 is 1.89 bits per heavy atom. The Kier molecular flexibility index (Phi) is 5.81. The maximum absolute atomic E-state index is 11.9. The van der Waals surface area contributed by atoms with Gasteiger partial charge >= 0.3 is 5.97 Å². The number of hydrogen-bond donors (Lipinski definition) is 1. The third-order valence-corrected chi connectivity index (χ3v) is 2.90. The van der Waals surface area contributed by atoms with Crippen molar-refractivity contribution in [2.75, 3.05) is 26.7 Å². The lowest BCUT2D eigenvalue weighted by Crippen LogP contribution is -2.47. The molecule has 0 spiro atoms. The molecule has 0 aromatic rings. The molecule has 0 unspecified atom stereocenters. The van der Waals surface area contributed by atoms with Gasteiger partial charge < -0.3 is 14.9 Å². The Labute approximate surface area is 108 Å². The summed E-state index contributed by atoms with van der Waals surface area (Å²) in [6, 6.07) is 0. The van der Waals surface area contributed by atoms with Crippen molar-refractivity contribution in [1.29, 1.82) is 0 Å². The summed E-state index contributed by atoms with van der Waals surface area (Å²) in [5.74, 6) is -1.96. The van der Waals surface area contributed by atoms with Gasteiger partial charge in [0.25, 0.3) is 0 Å². The quantitative estimate of drug-likeness (QED) is 0.701. The molecule has 0 aliphatic heterocycles. The topological polar surface area (TPSA) is 77.9 Å². The zero-order chi connectivity index (χ0) is 14.5. The van der Waals surface area contributed by atoms with Crippen LogP contribution in [0.1, 0.15) is 27.7 Å². The molecule has 104 valence electrons. The van der Waals surface area contributed by atoms with Crippen LogP contribution in [0.5, 0.6) is 0 Å². The van der Waals surface area contributed by atoms with Gasteiger partial charge in [-0.2, -0.15) is 0 Å². The third kappa shape index (κ3) is 3.72. The van der Waals surface area contributed by atoms with Crippen LogP contribution in [0.2, 0.25) is 0 Å². The predicted molar refractivity (Wildman–Crippen MR) is 67.0 cm³/mol. The van der Waals surface area contributed by atoms with E-state index >= 15 is 0 Å². The average molecular weight is 258 g/mol. The summed E-state index contributed by atoms with van der Waals surface area (Å²) in [6.07, 6.45) is 0. The fourth-order valence-electron chi connectivity index (χ4n) is 1.52. The van der Waals surface area contributed by atoms with Crippen LogP contribution in [0.4, 0.5) is 0 Å². The summed E-state index contributed by atoms with van der Waals surface area (Å²) in [5.41, 5.74) is -1.52. The minimum atomic E-state index is -1.52. The molecular formula is C12H22N2O4. The number of likely N-dealkylation sites (N-methyl/N-ethyl adjacent to an activating group) is 2. The zero-order valence-corrected chi connectivity index (χ0v) is 11.7. The van der Waals surface area contributed by atoms with E-state index in [9.17, 15) is 14.4 Å². The van der Waals surface area contributed by atoms with E-state index in [1.807, 2.05) is 13.8 Å². The number of carbonyl (C=O) groups is 3. The maximum atomic E-state index is 11.9. The van der Waals surface area contributed by atoms with Gasteiger partial charge in [-0.25, -0.2) is 0 Å². The van der Waals surface area contributed by atoms with Gasteiger partial charge in [-0.3, -0.25) is 14.4 Å². The fraction of sp³-hybridized carbons (Fsp3) is 0.750. The van der Waals surface area contributed by atoms with E-state index in [-0.39, 0.29) is 12.5 Å². The highest BCUT2D eigenvalue weighted by atomic mass is 16.4. The number of rotatable bonds is 6. The maximum Gasteiger partial charge on any atom is 0.318 e. The summed E-state index contributed by atoms with van der Waals surface area (Å²) in [5, 5.41) is 8.95. The summed E-state index contributed by atoms with van der Waals surface area (Å²) in [7, 11) is 1.44. The summed E-state index contributed by atoms with van der Waals surface area (Å²) in [4.78, 5) is 37.4. The summed E-state index contributed by atoms with van der Waals surface area (Å²) < 4.78 is 0. The molecule has 6 heteroatoms. The van der Waals surface area contributed by atoms with Crippen LogP contribution in [0.3, 0.4) is 0 Å². The van der Waals surface area contributed by atoms with Gasteiger partial charge in [0, 0.05) is 20.1 Å². The van der Waals surface area contributed by atoms with Gasteiger partial charge in [0.05, 0.1) is 6.54 Å². The first-order valence-electron chi connectivity index (χ1n) is 5.95. The van der Waals surface area contributed by atoms with E-state index in [1.165, 1.54) is 20.9 Å². The lowest BCUT2D eigenvalue weighted by atomic mass is 9.92. The Morgan fingerprint density at radius 2 is 1.56 bits per heavy atom. The lowest BCUT2D eigenvalue weighted by Gasteiger charge is -2.27. The molecule has 0 aliphatic rings. The molecule has 1 N–H and O–H groups in total. The smallest absolute Gasteiger partial charge is 0.318 e. The van der Waals surface area contributed by atoms with Crippen molar-refractivity contribution in [2.45, 2.75) is 27.7 Å². The normalized spacial score (nSPS) is 10.9. The van der Waals surface area contributed by atoms with Crippen LogP contribution in [-0.4, -0.2) is 59.4 Å². The molecule has 0 aliphatic carbocycles. The first-order valence-corrected chi connectivity index (χ1v) is 5.95. The first-order chi connectivity index (χ1) is 8.18.